The van der Waals surface area contributed by atoms with Gasteiger partial charge in [0.25, 0.3) is 0 Å². The van der Waals surface area contributed by atoms with Crippen LogP contribution in [0.3, 0.4) is 0 Å². The summed E-state index contributed by atoms with van der Waals surface area (Å²) < 4.78 is 28.0. The number of alkyl halides is 2. The molecule has 7 heteroatoms. The fourth-order valence-electron chi connectivity index (χ4n) is 0.941. The van der Waals surface area contributed by atoms with E-state index in [9.17, 15) is 8.78 Å². The van der Waals surface area contributed by atoms with Crippen molar-refractivity contribution in [1.82, 2.24) is 5.43 Å². The highest BCUT2D eigenvalue weighted by Crippen LogP contribution is 2.14. The molecule has 16 heavy (non-hydrogen) atoms. The lowest BCUT2D eigenvalue weighted by atomic mass is 10.2. The Morgan fingerprint density at radius 1 is 1.56 bits per heavy atom. The van der Waals surface area contributed by atoms with Gasteiger partial charge in [-0.2, -0.15) is 13.9 Å². The van der Waals surface area contributed by atoms with E-state index in [0.29, 0.717) is 5.56 Å². The molecule has 0 amide bonds. The molecule has 0 aliphatic rings. The third-order valence-corrected chi connectivity index (χ3v) is 1.56. The largest absolute Gasteiger partial charge is 0.435 e. The Labute approximate surface area is 96.1 Å². The van der Waals surface area contributed by atoms with Crippen molar-refractivity contribution in [2.45, 2.75) is 6.61 Å². The van der Waals surface area contributed by atoms with Gasteiger partial charge in [-0.05, 0) is 29.9 Å². The van der Waals surface area contributed by atoms with Gasteiger partial charge in [0.15, 0.2) is 5.11 Å². The predicted molar refractivity (Wildman–Crippen MR) is 60.6 cm³/mol. The van der Waals surface area contributed by atoms with Crippen molar-refractivity contribution in [3.63, 3.8) is 0 Å². The van der Waals surface area contributed by atoms with Gasteiger partial charge in [0, 0.05) is 0 Å². The van der Waals surface area contributed by atoms with E-state index >= 15 is 0 Å². The number of rotatable bonds is 4. The Bertz CT molecular complexity index is 398. The number of nitrogens with one attached hydrogen (secondary N) is 1. The number of hydrazone groups is 1. The van der Waals surface area contributed by atoms with E-state index in [1.165, 1.54) is 18.3 Å². The molecule has 4 nitrogen and oxygen atoms in total. The first-order valence-electron chi connectivity index (χ1n) is 4.21. The number of thiocarbonyl (C=S) groups is 1. The highest BCUT2D eigenvalue weighted by atomic mass is 32.1. The number of hydrogen-bond acceptors (Lipinski definition) is 3. The second-order valence-electron chi connectivity index (χ2n) is 2.69. The molecule has 0 unspecified atom stereocenters. The lowest BCUT2D eigenvalue weighted by molar-refractivity contribution is -0.0498. The lowest BCUT2D eigenvalue weighted by Gasteiger charge is -2.04. The summed E-state index contributed by atoms with van der Waals surface area (Å²) in [4.78, 5) is 0. The van der Waals surface area contributed by atoms with Crippen LogP contribution < -0.4 is 15.9 Å². The van der Waals surface area contributed by atoms with Crippen LogP contribution in [0.1, 0.15) is 5.56 Å². The molecule has 1 rings (SSSR count). The normalized spacial score (nSPS) is 10.7. The Hall–Kier alpha value is -1.76. The lowest BCUT2D eigenvalue weighted by Crippen LogP contribution is -2.23. The molecule has 3 N–H and O–H groups in total. The standard InChI is InChI=1S/C9H9F2N3OS/c10-8(11)15-7-3-1-2-6(4-7)5-13-14-9(12)16/h1-5,8H,(H3,12,14,16)/b13-5-. The molecule has 0 spiro atoms. The molecule has 0 heterocycles. The molecule has 0 atom stereocenters. The molecule has 0 fully saturated rings. The van der Waals surface area contributed by atoms with Crippen LogP contribution in [-0.4, -0.2) is 17.9 Å². The summed E-state index contributed by atoms with van der Waals surface area (Å²) in [7, 11) is 0. The Morgan fingerprint density at radius 3 is 2.94 bits per heavy atom. The van der Waals surface area contributed by atoms with E-state index in [4.69, 9.17) is 5.73 Å². The minimum atomic E-state index is -2.85. The molecule has 86 valence electrons. The highest BCUT2D eigenvalue weighted by molar-refractivity contribution is 7.80. The van der Waals surface area contributed by atoms with Crippen LogP contribution in [0.2, 0.25) is 0 Å². The summed E-state index contributed by atoms with van der Waals surface area (Å²) in [5.41, 5.74) is 8.06. The van der Waals surface area contributed by atoms with Crippen LogP contribution >= 0.6 is 12.2 Å². The van der Waals surface area contributed by atoms with Crippen molar-refractivity contribution in [3.8, 4) is 5.75 Å². The van der Waals surface area contributed by atoms with Crippen LogP contribution in [0, 0.1) is 0 Å². The van der Waals surface area contributed by atoms with Gasteiger partial charge in [0.05, 0.1) is 6.21 Å². The monoisotopic (exact) mass is 245 g/mol. The molecule has 0 bridgehead atoms. The summed E-state index contributed by atoms with van der Waals surface area (Å²) in [5, 5.41) is 3.70. The number of benzene rings is 1. The Kier molecular flexibility index (Phi) is 4.59. The Morgan fingerprint density at radius 2 is 2.31 bits per heavy atom. The minimum absolute atomic E-state index is 0.0243. The number of ether oxygens (including phenoxy) is 1. The topological polar surface area (TPSA) is 59.6 Å². The molecule has 0 aliphatic heterocycles. The quantitative estimate of drug-likeness (QED) is 0.479. The maximum Gasteiger partial charge on any atom is 0.387 e. The van der Waals surface area contributed by atoms with Gasteiger partial charge in [0.1, 0.15) is 5.75 Å². The number of halogens is 2. The predicted octanol–water partition coefficient (Wildman–Crippen LogP) is 1.46. The molecular formula is C9H9F2N3OS. The van der Waals surface area contributed by atoms with Crippen molar-refractivity contribution in [2.75, 3.05) is 0 Å². The first-order chi connectivity index (χ1) is 7.58. The number of nitrogens with two attached hydrogens (primary N) is 1. The second-order valence-corrected chi connectivity index (χ2v) is 3.13. The first-order valence-corrected chi connectivity index (χ1v) is 4.62. The van der Waals surface area contributed by atoms with E-state index in [0.717, 1.165) is 0 Å². The molecule has 0 saturated heterocycles. The summed E-state index contributed by atoms with van der Waals surface area (Å²) >= 11 is 4.52. The van der Waals surface area contributed by atoms with E-state index in [1.807, 2.05) is 0 Å². The van der Waals surface area contributed by atoms with Crippen LogP contribution in [0.25, 0.3) is 0 Å². The molecule has 0 aliphatic carbocycles. The van der Waals surface area contributed by atoms with Gasteiger partial charge < -0.3 is 10.5 Å². The van der Waals surface area contributed by atoms with Gasteiger partial charge in [-0.15, -0.1) is 0 Å². The van der Waals surface area contributed by atoms with E-state index in [2.05, 4.69) is 27.5 Å². The van der Waals surface area contributed by atoms with Crippen molar-refractivity contribution >= 4 is 23.5 Å². The summed E-state index contributed by atoms with van der Waals surface area (Å²) in [5.74, 6) is 0.0641. The minimum Gasteiger partial charge on any atom is -0.435 e. The molecule has 1 aromatic carbocycles. The fraction of sp³-hybridized carbons (Fsp3) is 0.111. The summed E-state index contributed by atoms with van der Waals surface area (Å²) in [6, 6.07) is 6.07. The van der Waals surface area contributed by atoms with Crippen molar-refractivity contribution in [2.24, 2.45) is 10.8 Å². The first kappa shape index (κ1) is 12.3. The van der Waals surface area contributed by atoms with Crippen LogP contribution in [-0.2, 0) is 0 Å². The van der Waals surface area contributed by atoms with Crippen molar-refractivity contribution in [1.29, 1.82) is 0 Å². The van der Waals surface area contributed by atoms with Crippen molar-refractivity contribution in [3.05, 3.63) is 29.8 Å². The van der Waals surface area contributed by atoms with E-state index in [1.54, 1.807) is 12.1 Å². The van der Waals surface area contributed by atoms with Gasteiger partial charge >= 0.3 is 6.61 Å². The van der Waals surface area contributed by atoms with Crippen molar-refractivity contribution < 1.29 is 13.5 Å². The number of hydrogen-bond donors (Lipinski definition) is 2. The third-order valence-electron chi connectivity index (χ3n) is 1.47. The smallest absolute Gasteiger partial charge is 0.387 e. The SMILES string of the molecule is NC(=S)N/N=C\c1cccc(OC(F)F)c1. The zero-order valence-corrected chi connectivity index (χ0v) is 8.88. The second kappa shape index (κ2) is 5.96. The maximum absolute atomic E-state index is 11.9. The van der Waals surface area contributed by atoms with Gasteiger partial charge in [0.2, 0.25) is 0 Å². The van der Waals surface area contributed by atoms with E-state index in [-0.39, 0.29) is 10.9 Å². The Balaban J connectivity index is 2.67. The zero-order chi connectivity index (χ0) is 12.0. The van der Waals surface area contributed by atoms with Gasteiger partial charge in [-0.3, -0.25) is 5.43 Å². The molecule has 0 aromatic heterocycles. The van der Waals surface area contributed by atoms with Gasteiger partial charge in [-0.25, -0.2) is 0 Å². The van der Waals surface area contributed by atoms with Crippen LogP contribution in [0.15, 0.2) is 29.4 Å². The average molecular weight is 245 g/mol. The molecular weight excluding hydrogens is 236 g/mol. The highest BCUT2D eigenvalue weighted by Gasteiger charge is 2.03. The number of nitrogens with zero attached hydrogens (tertiary/aromatic N) is 1. The third kappa shape index (κ3) is 4.65. The van der Waals surface area contributed by atoms with Crippen LogP contribution in [0.5, 0.6) is 5.75 Å². The van der Waals surface area contributed by atoms with E-state index < -0.39 is 6.61 Å². The van der Waals surface area contributed by atoms with Crippen LogP contribution in [0.4, 0.5) is 8.78 Å². The summed E-state index contributed by atoms with van der Waals surface area (Å²) in [6.07, 6.45) is 1.39. The average Bonchev–Trinajstić information content (AvgIpc) is 2.16. The van der Waals surface area contributed by atoms with Gasteiger partial charge in [-0.1, -0.05) is 12.1 Å². The maximum atomic E-state index is 11.9. The molecule has 0 radical (unpaired) electrons. The molecule has 0 saturated carbocycles. The molecule has 1 aromatic rings. The summed E-state index contributed by atoms with van der Waals surface area (Å²) in [6.45, 7) is -2.85. The zero-order valence-electron chi connectivity index (χ0n) is 8.06. The fourth-order valence-corrected chi connectivity index (χ4v) is 0.994.